The van der Waals surface area contributed by atoms with Gasteiger partial charge < -0.3 is 27.6 Å². The van der Waals surface area contributed by atoms with Crippen molar-refractivity contribution < 1.29 is 15.5 Å². The summed E-state index contributed by atoms with van der Waals surface area (Å²) >= 11 is 0. The average Bonchev–Trinajstić information content (AvgIpc) is 2.24. The van der Waals surface area contributed by atoms with Crippen molar-refractivity contribution >= 4 is 0 Å². The van der Waals surface area contributed by atoms with E-state index in [-0.39, 0.29) is 46.5 Å². The fourth-order valence-electron chi connectivity index (χ4n) is 1.02. The Bertz CT molecular complexity index is 314. The molecular formula is C6H14N6O3. The van der Waals surface area contributed by atoms with E-state index in [4.69, 9.17) is 22.3 Å². The zero-order valence-corrected chi connectivity index (χ0v) is 7.88. The van der Waals surface area contributed by atoms with Crippen LogP contribution in [0.15, 0.2) is 23.0 Å². The van der Waals surface area contributed by atoms with Gasteiger partial charge >= 0.3 is 0 Å². The second-order valence-corrected chi connectivity index (χ2v) is 2.79. The van der Waals surface area contributed by atoms with E-state index in [0.29, 0.717) is 0 Å². The summed E-state index contributed by atoms with van der Waals surface area (Å²) in [5, 5.41) is 30.3. The highest BCUT2D eigenvalue weighted by atomic mass is 16.7. The average molecular weight is 218 g/mol. The molecule has 0 spiro atoms. The predicted octanol–water partition coefficient (Wildman–Crippen LogP) is -2.91. The number of rotatable bonds is 3. The predicted molar refractivity (Wildman–Crippen MR) is 49.0 cm³/mol. The number of nitrogens with zero attached hydrogens (tertiary/aromatic N) is 2. The molecule has 0 unspecified atom stereocenters. The van der Waals surface area contributed by atoms with Crippen molar-refractivity contribution in [2.75, 3.05) is 13.2 Å². The van der Waals surface area contributed by atoms with E-state index in [1.54, 1.807) is 0 Å². The standard InChI is InChI=1S/C6H14N6O3/c7-3-4(8)6(10-1-2-13)12(15)11(14)5(3)9/h10,13-15H,1-2,7-9H2. The minimum atomic E-state index is -0.287. The van der Waals surface area contributed by atoms with Gasteiger partial charge in [0.15, 0.2) is 11.6 Å². The number of nitrogens with two attached hydrogens (primary N) is 3. The van der Waals surface area contributed by atoms with Crippen LogP contribution in [0.2, 0.25) is 0 Å². The first-order chi connectivity index (χ1) is 7.00. The maximum Gasteiger partial charge on any atom is 0.178 e. The van der Waals surface area contributed by atoms with Crippen molar-refractivity contribution in [1.29, 1.82) is 0 Å². The van der Waals surface area contributed by atoms with E-state index in [9.17, 15) is 10.4 Å². The van der Waals surface area contributed by atoms with Crippen LogP contribution in [-0.4, -0.2) is 39.0 Å². The Kier molecular flexibility index (Phi) is 3.09. The molecule has 15 heavy (non-hydrogen) atoms. The Morgan fingerprint density at radius 3 is 2.20 bits per heavy atom. The number of hydrogen-bond acceptors (Lipinski definition) is 9. The van der Waals surface area contributed by atoms with Crippen molar-refractivity contribution in [2.24, 2.45) is 17.2 Å². The molecule has 0 aliphatic carbocycles. The molecule has 0 saturated carbocycles. The number of nitrogens with one attached hydrogen (secondary N) is 1. The molecule has 0 atom stereocenters. The van der Waals surface area contributed by atoms with E-state index >= 15 is 0 Å². The Morgan fingerprint density at radius 2 is 1.67 bits per heavy atom. The fraction of sp³-hybridized carbons (Fsp3) is 0.333. The molecule has 86 valence electrons. The number of hydrogen-bond donors (Lipinski definition) is 7. The summed E-state index contributed by atoms with van der Waals surface area (Å²) in [6, 6.07) is 0. The molecule has 1 heterocycles. The molecular weight excluding hydrogens is 204 g/mol. The van der Waals surface area contributed by atoms with Crippen LogP contribution in [0.25, 0.3) is 0 Å². The van der Waals surface area contributed by atoms with Gasteiger partial charge in [-0.1, -0.05) is 0 Å². The highest BCUT2D eigenvalue weighted by Gasteiger charge is 2.27. The van der Waals surface area contributed by atoms with Crippen molar-refractivity contribution in [2.45, 2.75) is 0 Å². The normalized spacial score (nSPS) is 17.5. The van der Waals surface area contributed by atoms with Gasteiger partial charge in [0.05, 0.1) is 6.61 Å². The van der Waals surface area contributed by atoms with Crippen molar-refractivity contribution in [3.05, 3.63) is 23.0 Å². The lowest BCUT2D eigenvalue weighted by Crippen LogP contribution is -2.49. The summed E-state index contributed by atoms with van der Waals surface area (Å²) in [6.45, 7) is -0.0384. The molecule has 0 aromatic carbocycles. The van der Waals surface area contributed by atoms with E-state index in [1.165, 1.54) is 0 Å². The molecule has 9 nitrogen and oxygen atoms in total. The Balaban J connectivity index is 2.99. The lowest BCUT2D eigenvalue weighted by molar-refractivity contribution is -0.334. The monoisotopic (exact) mass is 218 g/mol. The van der Waals surface area contributed by atoms with Crippen LogP contribution in [0.4, 0.5) is 0 Å². The van der Waals surface area contributed by atoms with Gasteiger partial charge in [0.25, 0.3) is 0 Å². The molecule has 0 amide bonds. The van der Waals surface area contributed by atoms with Crippen LogP contribution < -0.4 is 22.5 Å². The van der Waals surface area contributed by atoms with Gasteiger partial charge in [-0.3, -0.25) is 10.4 Å². The third kappa shape index (κ3) is 1.83. The van der Waals surface area contributed by atoms with Gasteiger partial charge in [0, 0.05) is 6.54 Å². The molecule has 0 radical (unpaired) electrons. The van der Waals surface area contributed by atoms with Crippen molar-refractivity contribution in [3.63, 3.8) is 0 Å². The highest BCUT2D eigenvalue weighted by molar-refractivity contribution is 5.33. The zero-order valence-electron chi connectivity index (χ0n) is 7.88. The fourth-order valence-corrected chi connectivity index (χ4v) is 1.02. The Morgan fingerprint density at radius 1 is 1.07 bits per heavy atom. The molecule has 1 rings (SSSR count). The van der Waals surface area contributed by atoms with Gasteiger partial charge in [-0.25, -0.2) is 0 Å². The lowest BCUT2D eigenvalue weighted by atomic mass is 10.3. The molecule has 0 fully saturated rings. The first kappa shape index (κ1) is 11.2. The van der Waals surface area contributed by atoms with E-state index in [1.807, 2.05) is 0 Å². The van der Waals surface area contributed by atoms with Crippen LogP contribution in [0.3, 0.4) is 0 Å². The second kappa shape index (κ2) is 4.13. The Labute approximate surface area is 85.5 Å². The first-order valence-electron chi connectivity index (χ1n) is 4.08. The molecule has 1 aliphatic heterocycles. The molecule has 0 aromatic rings. The van der Waals surface area contributed by atoms with Crippen LogP contribution in [0.5, 0.6) is 0 Å². The smallest absolute Gasteiger partial charge is 0.178 e. The van der Waals surface area contributed by atoms with Crippen molar-refractivity contribution in [1.82, 2.24) is 15.7 Å². The number of aliphatic hydroxyl groups excluding tert-OH is 1. The minimum Gasteiger partial charge on any atom is -0.395 e. The second-order valence-electron chi connectivity index (χ2n) is 2.79. The summed E-state index contributed by atoms with van der Waals surface area (Å²) in [5.74, 6) is -0.345. The molecule has 10 N–H and O–H groups in total. The number of aliphatic hydroxyl groups is 1. The maximum atomic E-state index is 9.38. The third-order valence-electron chi connectivity index (χ3n) is 1.82. The van der Waals surface area contributed by atoms with Crippen molar-refractivity contribution in [3.8, 4) is 0 Å². The van der Waals surface area contributed by atoms with Gasteiger partial charge in [-0.15, -0.1) is 10.3 Å². The zero-order chi connectivity index (χ0) is 11.6. The highest BCUT2D eigenvalue weighted by Crippen LogP contribution is 2.18. The maximum absolute atomic E-state index is 9.38. The van der Waals surface area contributed by atoms with Gasteiger partial charge in [-0.2, -0.15) is 0 Å². The molecule has 0 bridgehead atoms. The lowest BCUT2D eigenvalue weighted by Gasteiger charge is -2.33. The molecule has 9 heteroatoms. The molecule has 0 aromatic heterocycles. The van der Waals surface area contributed by atoms with Gasteiger partial charge in [-0.05, 0) is 0 Å². The van der Waals surface area contributed by atoms with Crippen LogP contribution in [0.1, 0.15) is 0 Å². The van der Waals surface area contributed by atoms with Crippen LogP contribution >= 0.6 is 0 Å². The number of hydrazine groups is 1. The summed E-state index contributed by atoms with van der Waals surface area (Å²) in [4.78, 5) is 0. The summed E-state index contributed by atoms with van der Waals surface area (Å²) in [7, 11) is 0. The SMILES string of the molecule is NC1=C(N)N(O)N(O)C(NCCO)=C1N. The number of hydroxylamine groups is 2. The minimum absolute atomic E-state index is 0.0197. The van der Waals surface area contributed by atoms with Crippen LogP contribution in [0, 0.1) is 0 Å². The van der Waals surface area contributed by atoms with Gasteiger partial charge in [0.1, 0.15) is 11.4 Å². The molecule has 1 aliphatic rings. The third-order valence-corrected chi connectivity index (χ3v) is 1.82. The van der Waals surface area contributed by atoms with Gasteiger partial charge in [0.2, 0.25) is 0 Å². The summed E-state index contributed by atoms with van der Waals surface area (Å²) in [5.41, 5.74) is 16.3. The van der Waals surface area contributed by atoms with E-state index in [0.717, 1.165) is 0 Å². The Hall–Kier alpha value is -1.84. The quantitative estimate of drug-likeness (QED) is 0.264. The topological polar surface area (TPSA) is 157 Å². The summed E-state index contributed by atoms with van der Waals surface area (Å²) < 4.78 is 0. The van der Waals surface area contributed by atoms with E-state index in [2.05, 4.69) is 5.32 Å². The van der Waals surface area contributed by atoms with E-state index < -0.39 is 0 Å². The first-order valence-corrected chi connectivity index (χ1v) is 4.08. The largest absolute Gasteiger partial charge is 0.395 e. The summed E-state index contributed by atoms with van der Waals surface area (Å²) in [6.07, 6.45) is 0. The van der Waals surface area contributed by atoms with Crippen LogP contribution in [-0.2, 0) is 0 Å². The molecule has 0 saturated heterocycles.